The van der Waals surface area contributed by atoms with E-state index >= 15 is 0 Å². The fourth-order valence-corrected chi connectivity index (χ4v) is 2.89. The van der Waals surface area contributed by atoms with Crippen LogP contribution >= 0.6 is 0 Å². The van der Waals surface area contributed by atoms with E-state index in [0.717, 1.165) is 19.3 Å². The lowest BCUT2D eigenvalue weighted by Crippen LogP contribution is -2.48. The molecule has 0 aliphatic heterocycles. The molecule has 0 spiro atoms. The minimum atomic E-state index is -1.46. The fraction of sp³-hybridized carbons (Fsp3) is 0.333. The molecule has 0 radical (unpaired) electrons. The highest BCUT2D eigenvalue weighted by Gasteiger charge is 2.46. The van der Waals surface area contributed by atoms with E-state index in [1.54, 1.807) is 48.5 Å². The number of methoxy groups -OCH3 is 1. The molecule has 0 saturated carbocycles. The van der Waals surface area contributed by atoms with Gasteiger partial charge in [0, 0.05) is 18.2 Å². The van der Waals surface area contributed by atoms with Crippen molar-refractivity contribution in [2.75, 3.05) is 7.11 Å². The average Bonchev–Trinajstić information content (AvgIpc) is 2.66. The van der Waals surface area contributed by atoms with E-state index in [4.69, 9.17) is 4.74 Å². The summed E-state index contributed by atoms with van der Waals surface area (Å²) in [5, 5.41) is 0. The van der Waals surface area contributed by atoms with E-state index in [1.807, 2.05) is 12.1 Å². The summed E-state index contributed by atoms with van der Waals surface area (Å²) in [5.41, 5.74) is -0.460. The van der Waals surface area contributed by atoms with Gasteiger partial charge in [-0.25, -0.2) is 0 Å². The largest absolute Gasteiger partial charge is 0.362 e. The van der Waals surface area contributed by atoms with E-state index in [1.165, 1.54) is 7.11 Å². The standard InChI is InChI=1S/C21H24O3/c1-3-4-11-16-21(24-2,19(22)17-12-7-5-8-13-17)20(23)18-14-9-6-10-15-18/h5-10,12-15H,3-4,11,16H2,1-2H3. The van der Waals surface area contributed by atoms with Crippen molar-refractivity contribution in [2.24, 2.45) is 0 Å². The number of hydrogen-bond donors (Lipinski definition) is 0. The Morgan fingerprint density at radius 1 is 0.833 bits per heavy atom. The summed E-state index contributed by atoms with van der Waals surface area (Å²) in [7, 11) is 1.45. The van der Waals surface area contributed by atoms with Gasteiger partial charge in [0.05, 0.1) is 0 Å². The van der Waals surface area contributed by atoms with Crippen LogP contribution in [-0.2, 0) is 4.74 Å². The lowest BCUT2D eigenvalue weighted by atomic mass is 9.81. The van der Waals surface area contributed by atoms with Gasteiger partial charge in [0.15, 0.2) is 5.60 Å². The van der Waals surface area contributed by atoms with E-state index in [9.17, 15) is 9.59 Å². The maximum atomic E-state index is 13.2. The number of unbranched alkanes of at least 4 members (excludes halogenated alkanes) is 2. The molecule has 0 atom stereocenters. The number of benzene rings is 2. The Labute approximate surface area is 143 Å². The second-order valence-electron chi connectivity index (χ2n) is 5.88. The minimum Gasteiger partial charge on any atom is -0.362 e. The number of rotatable bonds is 9. The lowest BCUT2D eigenvalue weighted by molar-refractivity contribution is 0.00368. The number of ketones is 2. The summed E-state index contributed by atoms with van der Waals surface area (Å²) < 4.78 is 5.62. The fourth-order valence-electron chi connectivity index (χ4n) is 2.89. The zero-order valence-electron chi connectivity index (χ0n) is 14.3. The number of ether oxygens (including phenoxy) is 1. The quantitative estimate of drug-likeness (QED) is 0.381. The summed E-state index contributed by atoms with van der Waals surface area (Å²) in [6.45, 7) is 2.09. The third-order valence-electron chi connectivity index (χ3n) is 4.29. The molecule has 0 aromatic heterocycles. The van der Waals surface area contributed by atoms with Gasteiger partial charge in [-0.05, 0) is 12.8 Å². The third-order valence-corrected chi connectivity index (χ3v) is 4.29. The molecular weight excluding hydrogens is 300 g/mol. The first-order valence-corrected chi connectivity index (χ1v) is 8.40. The Kier molecular flexibility index (Phi) is 6.44. The predicted octanol–water partition coefficient (Wildman–Crippen LogP) is 4.72. The van der Waals surface area contributed by atoms with Gasteiger partial charge < -0.3 is 4.74 Å². The van der Waals surface area contributed by atoms with Crippen LogP contribution in [0.25, 0.3) is 0 Å². The lowest BCUT2D eigenvalue weighted by Gasteiger charge is -2.30. The molecule has 0 fully saturated rings. The third kappa shape index (κ3) is 3.80. The van der Waals surface area contributed by atoms with Crippen LogP contribution in [-0.4, -0.2) is 24.3 Å². The van der Waals surface area contributed by atoms with Crippen molar-refractivity contribution in [1.82, 2.24) is 0 Å². The van der Waals surface area contributed by atoms with Gasteiger partial charge >= 0.3 is 0 Å². The van der Waals surface area contributed by atoms with Crippen molar-refractivity contribution in [1.29, 1.82) is 0 Å². The topological polar surface area (TPSA) is 43.4 Å². The maximum absolute atomic E-state index is 13.2. The molecular formula is C21H24O3. The molecule has 2 aromatic carbocycles. The van der Waals surface area contributed by atoms with Crippen LogP contribution in [0, 0.1) is 0 Å². The summed E-state index contributed by atoms with van der Waals surface area (Å²) in [6.07, 6.45) is 3.12. The molecule has 0 heterocycles. The van der Waals surface area contributed by atoms with Crippen LogP contribution in [0.15, 0.2) is 60.7 Å². The molecule has 3 heteroatoms. The minimum absolute atomic E-state index is 0.268. The Hall–Kier alpha value is -2.26. The van der Waals surface area contributed by atoms with Crippen molar-refractivity contribution in [2.45, 2.75) is 38.2 Å². The van der Waals surface area contributed by atoms with Crippen LogP contribution in [0.1, 0.15) is 53.3 Å². The normalized spacial score (nSPS) is 11.2. The highest BCUT2D eigenvalue weighted by atomic mass is 16.5. The predicted molar refractivity (Wildman–Crippen MR) is 95.4 cm³/mol. The Bertz CT molecular complexity index is 610. The SMILES string of the molecule is CCCCCC(OC)(C(=O)c1ccccc1)C(=O)c1ccccc1. The zero-order chi connectivity index (χ0) is 17.4. The maximum Gasteiger partial charge on any atom is 0.202 e. The molecule has 3 nitrogen and oxygen atoms in total. The molecule has 0 bridgehead atoms. The van der Waals surface area contributed by atoms with Crippen molar-refractivity contribution < 1.29 is 14.3 Å². The van der Waals surface area contributed by atoms with Crippen LogP contribution in [0.2, 0.25) is 0 Å². The molecule has 2 rings (SSSR count). The monoisotopic (exact) mass is 324 g/mol. The Morgan fingerprint density at radius 2 is 1.29 bits per heavy atom. The van der Waals surface area contributed by atoms with Crippen molar-refractivity contribution in [3.8, 4) is 0 Å². The van der Waals surface area contributed by atoms with Gasteiger partial charge in [0.25, 0.3) is 0 Å². The number of Topliss-reactive ketones (excluding diaryl/α,β-unsaturated/α-hetero) is 2. The van der Waals surface area contributed by atoms with Crippen molar-refractivity contribution in [3.63, 3.8) is 0 Å². The summed E-state index contributed by atoms with van der Waals surface area (Å²) in [4.78, 5) is 26.3. The van der Waals surface area contributed by atoms with E-state index in [2.05, 4.69) is 6.92 Å². The first-order valence-electron chi connectivity index (χ1n) is 8.40. The first kappa shape index (κ1) is 18.1. The summed E-state index contributed by atoms with van der Waals surface area (Å²) in [6, 6.07) is 17.8. The van der Waals surface area contributed by atoms with Gasteiger partial charge in [-0.1, -0.05) is 80.4 Å². The molecule has 0 aliphatic carbocycles. The molecule has 24 heavy (non-hydrogen) atoms. The van der Waals surface area contributed by atoms with Crippen LogP contribution in [0.4, 0.5) is 0 Å². The Morgan fingerprint density at radius 3 is 1.67 bits per heavy atom. The number of carbonyl (C=O) groups is 2. The molecule has 0 unspecified atom stereocenters. The molecule has 0 saturated heterocycles. The van der Waals surface area contributed by atoms with Gasteiger partial charge in [-0.3, -0.25) is 9.59 Å². The van der Waals surface area contributed by atoms with Crippen LogP contribution in [0.5, 0.6) is 0 Å². The van der Waals surface area contributed by atoms with E-state index in [0.29, 0.717) is 17.5 Å². The summed E-state index contributed by atoms with van der Waals surface area (Å²) in [5.74, 6) is -0.536. The molecule has 126 valence electrons. The smallest absolute Gasteiger partial charge is 0.202 e. The highest BCUT2D eigenvalue weighted by Crippen LogP contribution is 2.29. The highest BCUT2D eigenvalue weighted by molar-refractivity contribution is 6.22. The van der Waals surface area contributed by atoms with Gasteiger partial charge in [-0.2, -0.15) is 0 Å². The molecule has 2 aromatic rings. The molecule has 0 aliphatic rings. The number of hydrogen-bond acceptors (Lipinski definition) is 3. The molecule has 0 amide bonds. The van der Waals surface area contributed by atoms with Crippen LogP contribution in [0.3, 0.4) is 0 Å². The first-order chi connectivity index (χ1) is 11.7. The molecule has 0 N–H and O–H groups in total. The second kappa shape index (κ2) is 8.55. The second-order valence-corrected chi connectivity index (χ2v) is 5.88. The summed E-state index contributed by atoms with van der Waals surface area (Å²) >= 11 is 0. The zero-order valence-corrected chi connectivity index (χ0v) is 14.3. The van der Waals surface area contributed by atoms with Crippen LogP contribution < -0.4 is 0 Å². The van der Waals surface area contributed by atoms with Crippen molar-refractivity contribution >= 4 is 11.6 Å². The van der Waals surface area contributed by atoms with E-state index in [-0.39, 0.29) is 11.6 Å². The average molecular weight is 324 g/mol. The van der Waals surface area contributed by atoms with Crippen molar-refractivity contribution in [3.05, 3.63) is 71.8 Å². The Balaban J connectivity index is 2.43. The van der Waals surface area contributed by atoms with Gasteiger partial charge in [-0.15, -0.1) is 0 Å². The van der Waals surface area contributed by atoms with Gasteiger partial charge in [0.1, 0.15) is 0 Å². The van der Waals surface area contributed by atoms with Gasteiger partial charge in [0.2, 0.25) is 11.6 Å². The van der Waals surface area contributed by atoms with E-state index < -0.39 is 5.60 Å². The number of carbonyl (C=O) groups excluding carboxylic acids is 2.